The molecule has 1 aromatic rings. The molecule has 0 heterocycles. The molecule has 0 bridgehead atoms. The van der Waals surface area contributed by atoms with Gasteiger partial charge in [0.2, 0.25) is 0 Å². The minimum absolute atomic E-state index is 0. The van der Waals surface area contributed by atoms with Crippen molar-refractivity contribution >= 4 is 0 Å². The summed E-state index contributed by atoms with van der Waals surface area (Å²) in [5.74, 6) is 0. The van der Waals surface area contributed by atoms with Crippen LogP contribution >= 0.6 is 0 Å². The maximum atomic E-state index is 7.50. The molecule has 5 radical (unpaired) electrons. The number of benzene rings is 1. The van der Waals surface area contributed by atoms with Crippen LogP contribution in [0.5, 0.6) is 0 Å². The third-order valence-corrected chi connectivity index (χ3v) is 1.84. The first-order chi connectivity index (χ1) is 9.93. The molecule has 0 N–H and O–H groups in total. The normalized spacial score (nSPS) is 11.2. The number of ether oxygens (including phenoxy) is 1. The van der Waals surface area contributed by atoms with Gasteiger partial charge < -0.3 is 4.74 Å². The Kier molecular flexibility index (Phi) is 27.8. The van der Waals surface area contributed by atoms with E-state index in [0.717, 1.165) is 0 Å². The van der Waals surface area contributed by atoms with Crippen LogP contribution in [-0.2, 0) is 37.7 Å². The summed E-state index contributed by atoms with van der Waals surface area (Å²) in [7, 11) is 0. The van der Waals surface area contributed by atoms with Crippen LogP contribution in [0.1, 0.15) is 5.56 Å². The van der Waals surface area contributed by atoms with Gasteiger partial charge in [-0.15, -0.1) is 0 Å². The molecule has 0 atom stereocenters. The van der Waals surface area contributed by atoms with E-state index in [4.69, 9.17) is 14.0 Å². The first kappa shape index (κ1) is 24.6. The van der Waals surface area contributed by atoms with E-state index in [9.17, 15) is 0 Å². The largest absolute Gasteiger partial charge is 2.00 e. The van der Waals surface area contributed by atoms with Crippen molar-refractivity contribution in [2.24, 2.45) is 0 Å². The Balaban J connectivity index is -0.000000273. The summed E-state index contributed by atoms with van der Waals surface area (Å²) >= 11 is 0. The van der Waals surface area contributed by atoms with E-state index in [0.29, 0.717) is 6.61 Å². The Bertz CT molecular complexity index is 340. The molecule has 0 aromatic heterocycles. The molecule has 2 rings (SSSR count). The second-order valence-electron chi connectivity index (χ2n) is 3.13. The first-order valence-electron chi connectivity index (χ1n) is 5.61. The Hall–Kier alpha value is -1.37. The summed E-state index contributed by atoms with van der Waals surface area (Å²) in [6.45, 7) is 13.1. The summed E-state index contributed by atoms with van der Waals surface area (Å²) in [6, 6.07) is 10.0. The van der Waals surface area contributed by atoms with Gasteiger partial charge in [-0.05, 0) is 37.7 Å². The van der Waals surface area contributed by atoms with Gasteiger partial charge in [0.1, 0.15) is 0 Å². The summed E-state index contributed by atoms with van der Waals surface area (Å²) in [6.07, 6.45) is 13.2. The van der Waals surface area contributed by atoms with Crippen molar-refractivity contribution in [3.8, 4) is 0 Å². The topological polar surface area (TPSA) is 49.0 Å². The van der Waals surface area contributed by atoms with Gasteiger partial charge in [-0.25, -0.2) is 6.92 Å². The molecule has 1 aliphatic rings. The van der Waals surface area contributed by atoms with E-state index in [1.165, 1.54) is 5.56 Å². The predicted molar refractivity (Wildman–Crippen MR) is 75.1 cm³/mol. The number of rotatable bonds is 3. The molecule has 3 nitrogen and oxygen atoms in total. The second kappa shape index (κ2) is 23.7. The minimum atomic E-state index is 0. The quantitative estimate of drug-likeness (QED) is 0.363. The molecule has 109 valence electrons. The maximum Gasteiger partial charge on any atom is 2.00 e. The fourth-order valence-electron chi connectivity index (χ4n) is 1.11. The molecule has 4 heteroatoms. The standard InChI is InChI=1S/C10H11O.C5H5.2CO.Fe/c1-2-8-11-9-10-6-4-3-5-7-10;1-2-4-5-3-1;2*1-2;/h2-8H,1,9H2;1-5H;;;/q-1;;;;+2/b8-2+;;;;. The zero-order valence-corrected chi connectivity index (χ0v) is 12.5. The van der Waals surface area contributed by atoms with Gasteiger partial charge in [0.25, 0.3) is 0 Å². The van der Waals surface area contributed by atoms with Gasteiger partial charge >= 0.3 is 39.7 Å². The summed E-state index contributed by atoms with van der Waals surface area (Å²) < 4.78 is 20.1. The van der Waals surface area contributed by atoms with Crippen LogP contribution in [0.4, 0.5) is 0 Å². The second-order valence-corrected chi connectivity index (χ2v) is 3.13. The molecule has 0 amide bonds. The van der Waals surface area contributed by atoms with Crippen molar-refractivity contribution < 1.29 is 31.1 Å². The van der Waals surface area contributed by atoms with Gasteiger partial charge in [0.15, 0.2) is 0 Å². The third kappa shape index (κ3) is 18.6. The molecule has 0 spiro atoms. The van der Waals surface area contributed by atoms with Gasteiger partial charge in [-0.2, -0.15) is 6.08 Å². The molecular weight excluding hydrogens is 308 g/mol. The van der Waals surface area contributed by atoms with Crippen LogP contribution in [0.15, 0.2) is 42.7 Å². The Morgan fingerprint density at radius 3 is 1.71 bits per heavy atom. The summed E-state index contributed by atoms with van der Waals surface area (Å²) in [5, 5.41) is 0. The van der Waals surface area contributed by atoms with Crippen LogP contribution in [0.25, 0.3) is 0 Å². The van der Waals surface area contributed by atoms with Crippen molar-refractivity contribution in [1.82, 2.24) is 0 Å². The smallest absolute Gasteiger partial charge is 0.582 e. The van der Waals surface area contributed by atoms with Gasteiger partial charge in [-0.1, -0.05) is 36.6 Å². The average Bonchev–Trinajstić information content (AvgIpc) is 3.12. The fourth-order valence-corrected chi connectivity index (χ4v) is 1.11. The van der Waals surface area contributed by atoms with E-state index >= 15 is 0 Å². The van der Waals surface area contributed by atoms with Crippen molar-refractivity contribution in [2.45, 2.75) is 6.61 Å². The zero-order chi connectivity index (χ0) is 15.5. The van der Waals surface area contributed by atoms with Crippen LogP contribution in [0.2, 0.25) is 0 Å². The molecular formula is C17H16FeO3+. The predicted octanol–water partition coefficient (Wildman–Crippen LogP) is 3.49. The van der Waals surface area contributed by atoms with Gasteiger partial charge in [-0.3, -0.25) is 0 Å². The molecule has 0 saturated heterocycles. The summed E-state index contributed by atoms with van der Waals surface area (Å²) in [4.78, 5) is 0. The van der Waals surface area contributed by atoms with Crippen molar-refractivity contribution in [3.05, 3.63) is 101 Å². The Labute approximate surface area is 138 Å². The van der Waals surface area contributed by atoms with Crippen molar-refractivity contribution in [1.29, 1.82) is 0 Å². The zero-order valence-electron chi connectivity index (χ0n) is 11.4. The monoisotopic (exact) mass is 324 g/mol. The number of hydrogen-bond donors (Lipinski definition) is 0. The Morgan fingerprint density at radius 1 is 0.905 bits per heavy atom. The molecule has 21 heavy (non-hydrogen) atoms. The average molecular weight is 324 g/mol. The van der Waals surface area contributed by atoms with E-state index in [-0.39, 0.29) is 17.1 Å². The molecule has 1 aliphatic carbocycles. The van der Waals surface area contributed by atoms with E-state index in [1.54, 1.807) is 12.3 Å². The van der Waals surface area contributed by atoms with Crippen LogP contribution in [0, 0.1) is 52.3 Å². The molecule has 0 unspecified atom stereocenters. The summed E-state index contributed by atoms with van der Waals surface area (Å²) in [5.41, 5.74) is 1.17. The first-order valence-corrected chi connectivity index (χ1v) is 5.61. The minimum Gasteiger partial charge on any atom is -0.582 e. The molecule has 1 saturated carbocycles. The molecule has 1 aromatic carbocycles. The van der Waals surface area contributed by atoms with E-state index < -0.39 is 0 Å². The number of allylic oxidation sites excluding steroid dienone is 1. The van der Waals surface area contributed by atoms with Crippen LogP contribution in [0.3, 0.4) is 0 Å². The van der Waals surface area contributed by atoms with Gasteiger partial charge in [0.05, 0.1) is 6.61 Å². The van der Waals surface area contributed by atoms with Crippen LogP contribution < -0.4 is 0 Å². The van der Waals surface area contributed by atoms with E-state index in [2.05, 4.69) is 20.2 Å². The van der Waals surface area contributed by atoms with Crippen molar-refractivity contribution in [3.63, 3.8) is 0 Å². The van der Waals surface area contributed by atoms with E-state index in [1.807, 2.05) is 62.4 Å². The van der Waals surface area contributed by atoms with Gasteiger partial charge in [0, 0.05) is 0 Å². The maximum absolute atomic E-state index is 7.50. The molecule has 1 fully saturated rings. The van der Waals surface area contributed by atoms with Crippen molar-refractivity contribution in [2.75, 3.05) is 0 Å². The fraction of sp³-hybridized carbons (Fsp3) is 0.0588. The Morgan fingerprint density at radius 2 is 1.33 bits per heavy atom. The molecule has 0 aliphatic heterocycles. The third-order valence-electron chi connectivity index (χ3n) is 1.84. The SMILES string of the molecule is [C-]#[O+].[C-]#[O+].[CH2-]/C=C/OCc1ccccc1.[CH]1[CH][CH][CH][CH]1.[Fe+2]. The van der Waals surface area contributed by atoms with Crippen LogP contribution in [-0.4, -0.2) is 0 Å². The number of hydrogen-bond acceptors (Lipinski definition) is 1.